The number of nitrogens with two attached hydrogens (primary N) is 1. The third-order valence-corrected chi connectivity index (χ3v) is 5.29. The van der Waals surface area contributed by atoms with Crippen molar-refractivity contribution in [1.29, 1.82) is 0 Å². The molecule has 3 rings (SSSR count). The lowest BCUT2D eigenvalue weighted by Gasteiger charge is -2.21. The maximum atomic E-state index is 13.3. The van der Waals surface area contributed by atoms with Crippen LogP contribution in [0.15, 0.2) is 36.7 Å². The van der Waals surface area contributed by atoms with Gasteiger partial charge in [-0.15, -0.1) is 0 Å². The summed E-state index contributed by atoms with van der Waals surface area (Å²) in [7, 11) is 3.66. The van der Waals surface area contributed by atoms with Gasteiger partial charge in [-0.2, -0.15) is 5.10 Å². The minimum absolute atomic E-state index is 0.0635. The highest BCUT2D eigenvalue weighted by Crippen LogP contribution is 2.28. The summed E-state index contributed by atoms with van der Waals surface area (Å²) in [5, 5.41) is 4.60. The van der Waals surface area contributed by atoms with Gasteiger partial charge in [0.05, 0.1) is 17.9 Å². The van der Waals surface area contributed by atoms with Gasteiger partial charge in [0.2, 0.25) is 0 Å². The molecule has 8 nitrogen and oxygen atoms in total. The molecule has 1 unspecified atom stereocenters. The molecule has 32 heavy (non-hydrogen) atoms. The first-order valence-corrected chi connectivity index (χ1v) is 10.6. The Morgan fingerprint density at radius 1 is 1.28 bits per heavy atom. The van der Waals surface area contributed by atoms with Crippen LogP contribution in [0.4, 0.5) is 5.82 Å². The van der Waals surface area contributed by atoms with E-state index < -0.39 is 6.10 Å². The van der Waals surface area contributed by atoms with E-state index in [-0.39, 0.29) is 11.3 Å². The average Bonchev–Trinajstić information content (AvgIpc) is 3.11. The lowest BCUT2D eigenvalue weighted by Crippen LogP contribution is -2.29. The lowest BCUT2D eigenvalue weighted by atomic mass is 9.92. The number of carbonyl (C=O) groups excluding carboxylic acids is 1. The Morgan fingerprint density at radius 3 is 2.66 bits per heavy atom. The van der Waals surface area contributed by atoms with Crippen molar-refractivity contribution in [1.82, 2.24) is 24.6 Å². The SMILES string of the molecule is Cc1cnc(N)c(OC(C)c2cccnc2C(=O)N(C)Cc2cc(C(C)(C)C)nn2C)c1. The molecular weight excluding hydrogens is 404 g/mol. The van der Waals surface area contributed by atoms with Crippen molar-refractivity contribution in [3.63, 3.8) is 0 Å². The van der Waals surface area contributed by atoms with Crippen molar-refractivity contribution in [2.75, 3.05) is 12.8 Å². The molecule has 1 amide bonds. The number of amides is 1. The largest absolute Gasteiger partial charge is 0.482 e. The average molecular weight is 437 g/mol. The van der Waals surface area contributed by atoms with Gasteiger partial charge in [-0.05, 0) is 37.6 Å². The van der Waals surface area contributed by atoms with Gasteiger partial charge in [0, 0.05) is 37.5 Å². The number of aryl methyl sites for hydroxylation is 2. The molecule has 0 aromatic carbocycles. The Kier molecular flexibility index (Phi) is 6.52. The highest BCUT2D eigenvalue weighted by molar-refractivity contribution is 5.93. The van der Waals surface area contributed by atoms with Gasteiger partial charge in [-0.25, -0.2) is 4.98 Å². The van der Waals surface area contributed by atoms with Crippen LogP contribution in [0.25, 0.3) is 0 Å². The van der Waals surface area contributed by atoms with E-state index in [9.17, 15) is 4.79 Å². The van der Waals surface area contributed by atoms with Crippen molar-refractivity contribution >= 4 is 11.7 Å². The standard InChI is InChI=1S/C24H32N6O2/c1-15-11-19(22(25)27-13-15)32-16(2)18-9-8-10-26-21(18)23(31)29(6)14-17-12-20(24(3,4)5)28-30(17)7/h8-13,16H,14H2,1-7H3,(H2,25,27). The van der Waals surface area contributed by atoms with E-state index in [1.807, 2.05) is 43.8 Å². The zero-order valence-electron chi connectivity index (χ0n) is 19.9. The molecular formula is C24H32N6O2. The van der Waals surface area contributed by atoms with Crippen LogP contribution in [-0.2, 0) is 19.0 Å². The summed E-state index contributed by atoms with van der Waals surface area (Å²) in [4.78, 5) is 23.5. The molecule has 3 heterocycles. The van der Waals surface area contributed by atoms with Gasteiger partial charge >= 0.3 is 0 Å². The first-order valence-electron chi connectivity index (χ1n) is 10.6. The quantitative estimate of drug-likeness (QED) is 0.631. The number of rotatable bonds is 6. The fraction of sp³-hybridized carbons (Fsp3) is 0.417. The molecule has 0 aliphatic heterocycles. The van der Waals surface area contributed by atoms with Crippen LogP contribution < -0.4 is 10.5 Å². The van der Waals surface area contributed by atoms with Crippen LogP contribution >= 0.6 is 0 Å². The maximum Gasteiger partial charge on any atom is 0.272 e. The minimum Gasteiger partial charge on any atom is -0.482 e. The molecule has 0 aliphatic carbocycles. The number of hydrogen-bond donors (Lipinski definition) is 1. The van der Waals surface area contributed by atoms with Gasteiger partial charge in [-0.3, -0.25) is 14.5 Å². The predicted molar refractivity (Wildman–Crippen MR) is 124 cm³/mol. The number of pyridine rings is 2. The van der Waals surface area contributed by atoms with Crippen molar-refractivity contribution < 1.29 is 9.53 Å². The van der Waals surface area contributed by atoms with E-state index in [1.165, 1.54) is 0 Å². The summed E-state index contributed by atoms with van der Waals surface area (Å²) in [6.07, 6.45) is 2.86. The Bertz CT molecular complexity index is 1120. The number of ether oxygens (including phenoxy) is 1. The van der Waals surface area contributed by atoms with Crippen molar-refractivity contribution in [3.8, 4) is 5.75 Å². The van der Waals surface area contributed by atoms with Crippen LogP contribution in [0, 0.1) is 6.92 Å². The van der Waals surface area contributed by atoms with Crippen LogP contribution in [-0.4, -0.2) is 37.6 Å². The van der Waals surface area contributed by atoms with Gasteiger partial charge in [0.1, 0.15) is 11.8 Å². The van der Waals surface area contributed by atoms with Gasteiger partial charge < -0.3 is 15.4 Å². The smallest absolute Gasteiger partial charge is 0.272 e. The van der Waals surface area contributed by atoms with Gasteiger partial charge in [0.15, 0.2) is 11.6 Å². The second-order valence-electron chi connectivity index (χ2n) is 9.15. The Balaban J connectivity index is 1.82. The first-order chi connectivity index (χ1) is 15.0. The third kappa shape index (κ3) is 5.07. The monoisotopic (exact) mass is 436 g/mol. The predicted octanol–water partition coefficient (Wildman–Crippen LogP) is 3.81. The normalized spacial score (nSPS) is 12.5. The molecule has 170 valence electrons. The number of nitrogen functional groups attached to an aromatic ring is 1. The molecule has 2 N–H and O–H groups in total. The molecule has 0 saturated heterocycles. The number of hydrogen-bond acceptors (Lipinski definition) is 6. The molecule has 3 aromatic heterocycles. The number of carbonyl (C=O) groups is 1. The lowest BCUT2D eigenvalue weighted by molar-refractivity contribution is 0.0770. The first kappa shape index (κ1) is 23.2. The molecule has 0 aliphatic rings. The number of aromatic nitrogens is 4. The molecule has 0 fully saturated rings. The summed E-state index contributed by atoms with van der Waals surface area (Å²) in [6.45, 7) is 10.6. The topological polar surface area (TPSA) is 99.2 Å². The van der Waals surface area contributed by atoms with E-state index in [4.69, 9.17) is 10.5 Å². The number of nitrogens with zero attached hydrogens (tertiary/aromatic N) is 5. The Morgan fingerprint density at radius 2 is 2.00 bits per heavy atom. The fourth-order valence-electron chi connectivity index (χ4n) is 3.34. The Labute approximate surface area is 189 Å². The summed E-state index contributed by atoms with van der Waals surface area (Å²) >= 11 is 0. The molecule has 0 spiro atoms. The second-order valence-corrected chi connectivity index (χ2v) is 9.15. The summed E-state index contributed by atoms with van der Waals surface area (Å²) in [5.41, 5.74) is 9.80. The maximum absolute atomic E-state index is 13.3. The fourth-order valence-corrected chi connectivity index (χ4v) is 3.34. The molecule has 8 heteroatoms. The zero-order chi connectivity index (χ0) is 23.6. The second kappa shape index (κ2) is 8.98. The Hall–Kier alpha value is -3.42. The molecule has 0 radical (unpaired) electrons. The van der Waals surface area contributed by atoms with E-state index >= 15 is 0 Å². The van der Waals surface area contributed by atoms with Crippen LogP contribution in [0.2, 0.25) is 0 Å². The van der Waals surface area contributed by atoms with Crippen molar-refractivity contribution in [3.05, 3.63) is 64.9 Å². The summed E-state index contributed by atoms with van der Waals surface area (Å²) in [6, 6.07) is 7.51. The highest BCUT2D eigenvalue weighted by atomic mass is 16.5. The zero-order valence-corrected chi connectivity index (χ0v) is 19.9. The molecule has 0 saturated carbocycles. The summed E-state index contributed by atoms with van der Waals surface area (Å²) < 4.78 is 7.87. The molecule has 1 atom stereocenters. The van der Waals surface area contributed by atoms with E-state index in [0.717, 1.165) is 17.0 Å². The van der Waals surface area contributed by atoms with E-state index in [1.54, 1.807) is 30.4 Å². The van der Waals surface area contributed by atoms with Gasteiger partial charge in [-0.1, -0.05) is 26.8 Å². The summed E-state index contributed by atoms with van der Waals surface area (Å²) in [5.74, 6) is 0.602. The van der Waals surface area contributed by atoms with E-state index in [0.29, 0.717) is 29.4 Å². The number of anilines is 1. The van der Waals surface area contributed by atoms with Gasteiger partial charge in [0.25, 0.3) is 5.91 Å². The minimum atomic E-state index is -0.439. The van der Waals surface area contributed by atoms with Crippen molar-refractivity contribution in [2.45, 2.75) is 52.7 Å². The van der Waals surface area contributed by atoms with Crippen molar-refractivity contribution in [2.24, 2.45) is 7.05 Å². The highest BCUT2D eigenvalue weighted by Gasteiger charge is 2.24. The molecule has 0 bridgehead atoms. The van der Waals surface area contributed by atoms with Crippen LogP contribution in [0.1, 0.15) is 66.8 Å². The molecule has 3 aromatic rings. The third-order valence-electron chi connectivity index (χ3n) is 5.29. The van der Waals surface area contributed by atoms with Crippen LogP contribution in [0.5, 0.6) is 5.75 Å². The van der Waals surface area contributed by atoms with Crippen LogP contribution in [0.3, 0.4) is 0 Å². The van der Waals surface area contributed by atoms with E-state index in [2.05, 4.69) is 35.8 Å².